The van der Waals surface area contributed by atoms with Gasteiger partial charge < -0.3 is 44.9 Å². The number of rotatable bonds is 4. The van der Waals surface area contributed by atoms with E-state index in [0.29, 0.717) is 5.56 Å². The summed E-state index contributed by atoms with van der Waals surface area (Å²) in [4.78, 5) is 13.1. The third-order valence-electron chi connectivity index (χ3n) is 5.37. The van der Waals surface area contributed by atoms with Gasteiger partial charge in [0.15, 0.2) is 5.58 Å². The van der Waals surface area contributed by atoms with Crippen LogP contribution in [0.5, 0.6) is 17.2 Å². The van der Waals surface area contributed by atoms with E-state index in [0.717, 1.165) is 12.3 Å². The van der Waals surface area contributed by atoms with Crippen LogP contribution in [0.1, 0.15) is 11.7 Å². The van der Waals surface area contributed by atoms with Gasteiger partial charge in [0.1, 0.15) is 59.4 Å². The molecule has 1 aliphatic heterocycles. The second kappa shape index (κ2) is 7.84. The van der Waals surface area contributed by atoms with E-state index in [1.165, 1.54) is 24.3 Å². The summed E-state index contributed by atoms with van der Waals surface area (Å²) in [6.07, 6.45) is -6.43. The van der Waals surface area contributed by atoms with Crippen molar-refractivity contribution >= 4 is 11.0 Å². The van der Waals surface area contributed by atoms with Crippen LogP contribution < -0.4 is 5.43 Å². The minimum absolute atomic E-state index is 0.00506. The van der Waals surface area contributed by atoms with E-state index in [-0.39, 0.29) is 27.8 Å². The van der Waals surface area contributed by atoms with Gasteiger partial charge in [0, 0.05) is 6.07 Å². The minimum Gasteiger partial charge on any atom is -0.508 e. The first-order valence-electron chi connectivity index (χ1n) is 9.34. The Bertz CT molecular complexity index is 1170. The van der Waals surface area contributed by atoms with Crippen LogP contribution in [0.4, 0.5) is 0 Å². The van der Waals surface area contributed by atoms with Gasteiger partial charge in [-0.15, -0.1) is 0 Å². The fourth-order valence-electron chi connectivity index (χ4n) is 3.77. The Hall–Kier alpha value is -3.15. The second-order valence-electron chi connectivity index (χ2n) is 7.31. The summed E-state index contributed by atoms with van der Waals surface area (Å²) >= 11 is 0. The lowest BCUT2D eigenvalue weighted by molar-refractivity contribution is -0.0822. The molecule has 31 heavy (non-hydrogen) atoms. The molecule has 1 saturated heterocycles. The molecule has 2 heterocycles. The number of hydrogen-bond donors (Lipinski definition) is 7. The zero-order chi connectivity index (χ0) is 22.4. The molecule has 0 aliphatic carbocycles. The molecule has 4 rings (SSSR count). The molecule has 5 atom stereocenters. The van der Waals surface area contributed by atoms with Crippen molar-refractivity contribution in [3.63, 3.8) is 0 Å². The lowest BCUT2D eigenvalue weighted by atomic mass is 9.96. The number of aromatic hydroxyl groups is 3. The Balaban J connectivity index is 1.89. The molecule has 10 heteroatoms. The molecular weight excluding hydrogens is 412 g/mol. The highest BCUT2D eigenvalue weighted by atomic mass is 16.6. The van der Waals surface area contributed by atoms with Crippen LogP contribution in [0.3, 0.4) is 0 Å². The van der Waals surface area contributed by atoms with Gasteiger partial charge in [-0.25, -0.2) is 0 Å². The molecule has 7 N–H and O–H groups in total. The standard InChI is InChI=1S/C21H20O10/c22-6-13(26)19-17(28)18(29)21(31-19)15-12(25)5-11(24)14-16(27)10(7-30-20(14)15)8-1-3-9(23)4-2-8/h1-5,7,13,17-19,21-26,28-29H,6H2/t13-,17-,18-,19-,21-/m1/s1. The minimum atomic E-state index is -1.63. The number of fused-ring (bicyclic) bond motifs is 1. The van der Waals surface area contributed by atoms with E-state index in [1.54, 1.807) is 0 Å². The largest absolute Gasteiger partial charge is 0.508 e. The quantitative estimate of drug-likeness (QED) is 0.298. The summed E-state index contributed by atoms with van der Waals surface area (Å²) in [6, 6.07) is 6.59. The van der Waals surface area contributed by atoms with Gasteiger partial charge in [-0.05, 0) is 17.7 Å². The number of aliphatic hydroxyl groups is 4. The molecule has 10 nitrogen and oxygen atoms in total. The van der Waals surface area contributed by atoms with Gasteiger partial charge in [-0.2, -0.15) is 0 Å². The molecular formula is C21H20O10. The summed E-state index contributed by atoms with van der Waals surface area (Å²) in [6.45, 7) is -0.742. The molecule has 164 valence electrons. The summed E-state index contributed by atoms with van der Waals surface area (Å²) in [5.41, 5.74) is -0.658. The molecule has 0 spiro atoms. The van der Waals surface area contributed by atoms with Crippen molar-refractivity contribution in [1.29, 1.82) is 0 Å². The number of phenolic OH excluding ortho intramolecular Hbond substituents is 3. The molecule has 0 amide bonds. The highest BCUT2D eigenvalue weighted by molar-refractivity contribution is 5.91. The first-order valence-corrected chi connectivity index (χ1v) is 9.34. The molecule has 1 fully saturated rings. The van der Waals surface area contributed by atoms with Crippen LogP contribution >= 0.6 is 0 Å². The molecule has 0 unspecified atom stereocenters. The van der Waals surface area contributed by atoms with Crippen LogP contribution in [0.15, 0.2) is 45.8 Å². The average molecular weight is 432 g/mol. The van der Waals surface area contributed by atoms with Crippen molar-refractivity contribution in [2.45, 2.75) is 30.5 Å². The molecule has 0 bridgehead atoms. The van der Waals surface area contributed by atoms with Gasteiger partial charge in [0.2, 0.25) is 5.43 Å². The second-order valence-corrected chi connectivity index (χ2v) is 7.31. The van der Waals surface area contributed by atoms with E-state index in [4.69, 9.17) is 14.3 Å². The van der Waals surface area contributed by atoms with Crippen LogP contribution in [0, 0.1) is 0 Å². The van der Waals surface area contributed by atoms with Crippen LogP contribution in [-0.4, -0.2) is 66.8 Å². The smallest absolute Gasteiger partial charge is 0.204 e. The fraction of sp³-hybridized carbons (Fsp3) is 0.286. The number of aliphatic hydroxyl groups excluding tert-OH is 4. The number of phenols is 3. The van der Waals surface area contributed by atoms with Crippen LogP contribution in [0.2, 0.25) is 0 Å². The molecule has 3 aromatic rings. The van der Waals surface area contributed by atoms with Crippen molar-refractivity contribution in [3.05, 3.63) is 52.4 Å². The third kappa shape index (κ3) is 3.40. The highest BCUT2D eigenvalue weighted by Gasteiger charge is 2.48. The van der Waals surface area contributed by atoms with E-state index >= 15 is 0 Å². The SMILES string of the molecule is O=c1c(-c2ccc(O)cc2)coc2c([C@H]3O[C@H]([C@H](O)CO)[C@H](O)[C@H]3O)c(O)cc(O)c12. The maximum Gasteiger partial charge on any atom is 0.204 e. The summed E-state index contributed by atoms with van der Waals surface area (Å²) in [7, 11) is 0. The Morgan fingerprint density at radius 3 is 2.32 bits per heavy atom. The zero-order valence-corrected chi connectivity index (χ0v) is 15.9. The Kier molecular flexibility index (Phi) is 5.33. The first-order chi connectivity index (χ1) is 14.7. The summed E-state index contributed by atoms with van der Waals surface area (Å²) in [5.74, 6) is -1.15. The Labute approximate surface area is 174 Å². The van der Waals surface area contributed by atoms with Crippen molar-refractivity contribution in [2.75, 3.05) is 6.61 Å². The zero-order valence-electron chi connectivity index (χ0n) is 15.9. The van der Waals surface area contributed by atoms with Crippen molar-refractivity contribution in [2.24, 2.45) is 0 Å². The Morgan fingerprint density at radius 2 is 1.68 bits per heavy atom. The number of benzene rings is 2. The molecule has 0 saturated carbocycles. The van der Waals surface area contributed by atoms with Gasteiger partial charge in [0.25, 0.3) is 0 Å². The predicted octanol–water partition coefficient (Wildman–Crippen LogP) is 0.0917. The predicted molar refractivity (Wildman–Crippen MR) is 106 cm³/mol. The average Bonchev–Trinajstić information content (AvgIpc) is 3.03. The molecule has 1 aliphatic rings. The molecule has 1 aromatic heterocycles. The van der Waals surface area contributed by atoms with E-state index in [2.05, 4.69) is 0 Å². The first kappa shape index (κ1) is 21.1. The summed E-state index contributed by atoms with van der Waals surface area (Å²) < 4.78 is 11.0. The lowest BCUT2D eigenvalue weighted by Crippen LogP contribution is -2.40. The highest BCUT2D eigenvalue weighted by Crippen LogP contribution is 2.44. The molecule has 2 aromatic carbocycles. The number of hydrogen-bond acceptors (Lipinski definition) is 10. The normalized spacial score (nSPS) is 24.5. The summed E-state index contributed by atoms with van der Waals surface area (Å²) in [5, 5.41) is 69.4. The van der Waals surface area contributed by atoms with Gasteiger partial charge in [0.05, 0.1) is 17.7 Å². The third-order valence-corrected chi connectivity index (χ3v) is 5.37. The van der Waals surface area contributed by atoms with Gasteiger partial charge in [-0.3, -0.25) is 4.79 Å². The topological polar surface area (TPSA) is 181 Å². The number of ether oxygens (including phenoxy) is 1. The van der Waals surface area contributed by atoms with E-state index < -0.39 is 54.1 Å². The van der Waals surface area contributed by atoms with Crippen molar-refractivity contribution < 1.29 is 44.9 Å². The van der Waals surface area contributed by atoms with Gasteiger partial charge >= 0.3 is 0 Å². The maximum atomic E-state index is 13.1. The van der Waals surface area contributed by atoms with E-state index in [1.807, 2.05) is 0 Å². The lowest BCUT2D eigenvalue weighted by Gasteiger charge is -2.19. The maximum absolute atomic E-state index is 13.1. The van der Waals surface area contributed by atoms with Crippen LogP contribution in [0.25, 0.3) is 22.1 Å². The van der Waals surface area contributed by atoms with Crippen molar-refractivity contribution in [3.8, 4) is 28.4 Å². The van der Waals surface area contributed by atoms with Gasteiger partial charge in [-0.1, -0.05) is 12.1 Å². The molecule has 0 radical (unpaired) electrons. The van der Waals surface area contributed by atoms with E-state index in [9.17, 15) is 35.4 Å². The Morgan fingerprint density at radius 1 is 1.00 bits per heavy atom. The fourth-order valence-corrected chi connectivity index (χ4v) is 3.77. The van der Waals surface area contributed by atoms with Crippen molar-refractivity contribution in [1.82, 2.24) is 0 Å². The monoisotopic (exact) mass is 432 g/mol. The van der Waals surface area contributed by atoms with Crippen LogP contribution in [-0.2, 0) is 4.74 Å².